The van der Waals surface area contributed by atoms with Crippen molar-refractivity contribution in [3.63, 3.8) is 0 Å². The number of morpholine rings is 1. The van der Waals surface area contributed by atoms with Gasteiger partial charge in [-0.3, -0.25) is 9.59 Å². The van der Waals surface area contributed by atoms with Gasteiger partial charge in [0.15, 0.2) is 0 Å². The lowest BCUT2D eigenvalue weighted by Gasteiger charge is -2.43. The minimum Gasteiger partial charge on any atom is -0.497 e. The van der Waals surface area contributed by atoms with E-state index in [0.717, 1.165) is 12.8 Å². The quantitative estimate of drug-likeness (QED) is 0.621. The van der Waals surface area contributed by atoms with Crippen LogP contribution in [0.3, 0.4) is 0 Å². The van der Waals surface area contributed by atoms with E-state index in [1.54, 1.807) is 43.5 Å². The van der Waals surface area contributed by atoms with Crippen molar-refractivity contribution in [2.75, 3.05) is 53.1 Å². The van der Waals surface area contributed by atoms with Gasteiger partial charge in [-0.2, -0.15) is 0 Å². The number of nitrogens with zero attached hydrogens (tertiary/aromatic N) is 2. The van der Waals surface area contributed by atoms with Crippen LogP contribution in [0, 0.1) is 11.2 Å². The lowest BCUT2D eigenvalue weighted by atomic mass is 9.77. The van der Waals surface area contributed by atoms with Gasteiger partial charge in [0.1, 0.15) is 17.3 Å². The molecule has 2 amide bonds. The predicted molar refractivity (Wildman–Crippen MR) is 124 cm³/mol. The maximum atomic E-state index is 13.3. The summed E-state index contributed by atoms with van der Waals surface area (Å²) in [5, 5.41) is 0. The molecule has 1 atom stereocenters. The predicted octanol–water partition coefficient (Wildman–Crippen LogP) is 3.38. The minimum atomic E-state index is -0.538. The topological polar surface area (TPSA) is 68.3 Å². The summed E-state index contributed by atoms with van der Waals surface area (Å²) in [5.74, 6) is 0.863. The molecule has 182 valence electrons. The summed E-state index contributed by atoms with van der Waals surface area (Å²) in [6, 6.07) is 12.9. The molecule has 0 N–H and O–H groups in total. The second-order valence-electron chi connectivity index (χ2n) is 8.97. The Bertz CT molecular complexity index is 976. The molecule has 2 aromatic rings. The first-order valence-electron chi connectivity index (χ1n) is 11.7. The number of hydrogen-bond acceptors (Lipinski definition) is 5. The molecule has 7 nitrogen and oxygen atoms in total. The van der Waals surface area contributed by atoms with Crippen LogP contribution in [0.15, 0.2) is 48.5 Å². The first kappa shape index (κ1) is 24.0. The number of amides is 2. The van der Waals surface area contributed by atoms with E-state index in [2.05, 4.69) is 0 Å². The van der Waals surface area contributed by atoms with Crippen molar-refractivity contribution in [3.8, 4) is 11.5 Å². The molecule has 2 aromatic carbocycles. The molecule has 2 fully saturated rings. The molecule has 2 saturated heterocycles. The fourth-order valence-electron chi connectivity index (χ4n) is 4.62. The fourth-order valence-corrected chi connectivity index (χ4v) is 4.62. The molecule has 0 saturated carbocycles. The smallest absolute Gasteiger partial charge is 0.253 e. The maximum Gasteiger partial charge on any atom is 0.253 e. The molecule has 0 spiro atoms. The first-order chi connectivity index (χ1) is 16.5. The van der Waals surface area contributed by atoms with E-state index in [0.29, 0.717) is 56.5 Å². The molecule has 2 aliphatic rings. The average molecular weight is 471 g/mol. The molecule has 34 heavy (non-hydrogen) atoms. The highest BCUT2D eigenvalue weighted by Gasteiger charge is 2.41. The Morgan fingerprint density at radius 1 is 0.971 bits per heavy atom. The van der Waals surface area contributed by atoms with Crippen molar-refractivity contribution in [2.24, 2.45) is 5.41 Å². The molecule has 0 bridgehead atoms. The number of methoxy groups -OCH3 is 1. The highest BCUT2D eigenvalue weighted by molar-refractivity contribution is 5.94. The molecule has 0 aliphatic carbocycles. The van der Waals surface area contributed by atoms with E-state index in [-0.39, 0.29) is 30.7 Å². The number of carbonyl (C=O) groups is 2. The number of piperidine rings is 1. The monoisotopic (exact) mass is 470 g/mol. The third-order valence-electron chi connectivity index (χ3n) is 6.53. The second-order valence-corrected chi connectivity index (χ2v) is 8.97. The normalized spacial score (nSPS) is 20.6. The van der Waals surface area contributed by atoms with Gasteiger partial charge in [0.2, 0.25) is 5.91 Å². The molecule has 0 aromatic heterocycles. The number of benzene rings is 2. The lowest BCUT2D eigenvalue weighted by Crippen LogP contribution is -2.52. The Labute approximate surface area is 199 Å². The fraction of sp³-hybridized carbons (Fsp3) is 0.462. The van der Waals surface area contributed by atoms with Gasteiger partial charge in [0.05, 0.1) is 26.9 Å². The number of hydrogen-bond donors (Lipinski definition) is 0. The number of carbonyl (C=O) groups excluding carboxylic acids is 2. The van der Waals surface area contributed by atoms with E-state index >= 15 is 0 Å². The van der Waals surface area contributed by atoms with Crippen LogP contribution >= 0.6 is 0 Å². The zero-order valence-corrected chi connectivity index (χ0v) is 19.5. The molecule has 8 heteroatoms. The Hall–Kier alpha value is -3.13. The lowest BCUT2D eigenvalue weighted by molar-refractivity contribution is -0.139. The van der Waals surface area contributed by atoms with Crippen LogP contribution in [0.2, 0.25) is 0 Å². The Balaban J connectivity index is 1.51. The molecule has 2 aliphatic heterocycles. The van der Waals surface area contributed by atoms with E-state index in [1.165, 1.54) is 12.1 Å². The SMILES string of the molecule is COc1ccc(C(=O)N2CCCC(COc3ccc(F)cc3)(CC(=O)N3CCOCC3)C2)cc1. The number of likely N-dealkylation sites (tertiary alicyclic amines) is 1. The zero-order valence-electron chi connectivity index (χ0n) is 19.5. The minimum absolute atomic E-state index is 0.0461. The summed E-state index contributed by atoms with van der Waals surface area (Å²) < 4.78 is 29.9. The van der Waals surface area contributed by atoms with Crippen LogP contribution in [0.4, 0.5) is 4.39 Å². The molecule has 2 heterocycles. The Kier molecular flexibility index (Phi) is 7.67. The van der Waals surface area contributed by atoms with Gasteiger partial charge < -0.3 is 24.0 Å². The number of rotatable bonds is 7. The highest BCUT2D eigenvalue weighted by atomic mass is 19.1. The maximum absolute atomic E-state index is 13.3. The van der Waals surface area contributed by atoms with Gasteiger partial charge in [0, 0.05) is 43.6 Å². The van der Waals surface area contributed by atoms with Gasteiger partial charge in [0.25, 0.3) is 5.91 Å². The summed E-state index contributed by atoms with van der Waals surface area (Å²) >= 11 is 0. The molecule has 4 rings (SSSR count). The standard InChI is InChI=1S/C26H31FN2O5/c1-32-22-7-3-20(4-8-22)25(31)29-12-2-11-26(18-29,17-24(30)28-13-15-33-16-14-28)19-34-23-9-5-21(27)6-10-23/h3-10H,2,11-19H2,1H3. The van der Waals surface area contributed by atoms with Crippen molar-refractivity contribution < 1.29 is 28.2 Å². The third-order valence-corrected chi connectivity index (χ3v) is 6.53. The van der Waals surface area contributed by atoms with Crippen molar-refractivity contribution >= 4 is 11.8 Å². The summed E-state index contributed by atoms with van der Waals surface area (Å²) in [6.45, 7) is 3.51. The van der Waals surface area contributed by atoms with Crippen molar-refractivity contribution in [3.05, 3.63) is 59.9 Å². The van der Waals surface area contributed by atoms with Gasteiger partial charge in [-0.1, -0.05) is 0 Å². The molecular weight excluding hydrogens is 439 g/mol. The summed E-state index contributed by atoms with van der Waals surface area (Å²) in [5.41, 5.74) is 0.0417. The summed E-state index contributed by atoms with van der Waals surface area (Å²) in [6.07, 6.45) is 1.81. The van der Waals surface area contributed by atoms with E-state index in [1.807, 2.05) is 9.80 Å². The first-order valence-corrected chi connectivity index (χ1v) is 11.7. The third kappa shape index (κ3) is 5.86. The molecule has 1 unspecified atom stereocenters. The van der Waals surface area contributed by atoms with Crippen LogP contribution in [0.1, 0.15) is 29.6 Å². The second kappa shape index (κ2) is 10.9. The van der Waals surface area contributed by atoms with Crippen LogP contribution in [0.25, 0.3) is 0 Å². The highest BCUT2D eigenvalue weighted by Crippen LogP contribution is 2.36. The van der Waals surface area contributed by atoms with E-state index in [9.17, 15) is 14.0 Å². The summed E-state index contributed by atoms with van der Waals surface area (Å²) in [4.78, 5) is 30.1. The Morgan fingerprint density at radius 3 is 2.32 bits per heavy atom. The van der Waals surface area contributed by atoms with Crippen LogP contribution in [0.5, 0.6) is 11.5 Å². The number of ether oxygens (including phenoxy) is 3. The zero-order chi connectivity index (χ0) is 24.0. The van der Waals surface area contributed by atoms with Crippen molar-refractivity contribution in [2.45, 2.75) is 19.3 Å². The summed E-state index contributed by atoms with van der Waals surface area (Å²) in [7, 11) is 1.59. The van der Waals surface area contributed by atoms with Gasteiger partial charge in [-0.25, -0.2) is 4.39 Å². The molecule has 0 radical (unpaired) electrons. The van der Waals surface area contributed by atoms with Crippen LogP contribution in [-0.4, -0.2) is 74.7 Å². The van der Waals surface area contributed by atoms with Gasteiger partial charge in [-0.15, -0.1) is 0 Å². The van der Waals surface area contributed by atoms with Gasteiger partial charge >= 0.3 is 0 Å². The van der Waals surface area contributed by atoms with Crippen LogP contribution < -0.4 is 9.47 Å². The average Bonchev–Trinajstić information content (AvgIpc) is 2.88. The number of halogens is 1. The van der Waals surface area contributed by atoms with Crippen molar-refractivity contribution in [1.82, 2.24) is 9.80 Å². The Morgan fingerprint density at radius 2 is 1.65 bits per heavy atom. The van der Waals surface area contributed by atoms with Gasteiger partial charge in [-0.05, 0) is 61.4 Å². The van der Waals surface area contributed by atoms with Crippen LogP contribution in [-0.2, 0) is 9.53 Å². The van der Waals surface area contributed by atoms with Crippen molar-refractivity contribution in [1.29, 1.82) is 0 Å². The largest absolute Gasteiger partial charge is 0.497 e. The molecular formula is C26H31FN2O5. The van der Waals surface area contributed by atoms with E-state index < -0.39 is 5.41 Å². The van der Waals surface area contributed by atoms with E-state index in [4.69, 9.17) is 14.2 Å².